The molecule has 5 heteroatoms. The Kier molecular flexibility index (Phi) is 2.44. The number of aryl methyl sites for hydroxylation is 1. The molecule has 0 aliphatic heterocycles. The van der Waals surface area contributed by atoms with E-state index in [0.717, 1.165) is 0 Å². The fourth-order valence-electron chi connectivity index (χ4n) is 1.02. The van der Waals surface area contributed by atoms with Crippen molar-refractivity contribution in [1.29, 1.82) is 0 Å². The van der Waals surface area contributed by atoms with Gasteiger partial charge in [0.15, 0.2) is 6.10 Å². The van der Waals surface area contributed by atoms with Crippen molar-refractivity contribution in [3.05, 3.63) is 18.0 Å². The van der Waals surface area contributed by atoms with Gasteiger partial charge in [0.25, 0.3) is 5.91 Å². The third-order valence-electron chi connectivity index (χ3n) is 1.62. The van der Waals surface area contributed by atoms with Crippen LogP contribution in [-0.4, -0.2) is 22.8 Å². The lowest BCUT2D eigenvalue weighted by molar-refractivity contribution is -0.128. The van der Waals surface area contributed by atoms with Crippen molar-refractivity contribution >= 4 is 5.91 Å². The molecule has 1 rings (SSSR count). The average Bonchev–Trinajstić information content (AvgIpc) is 2.38. The van der Waals surface area contributed by atoms with E-state index in [0.29, 0.717) is 5.69 Å². The Morgan fingerprint density at radius 3 is 2.83 bits per heavy atom. The van der Waals surface area contributed by atoms with Gasteiger partial charge in [0.2, 0.25) is 0 Å². The van der Waals surface area contributed by atoms with E-state index < -0.39 is 12.0 Å². The van der Waals surface area contributed by atoms with E-state index in [2.05, 4.69) is 5.10 Å². The lowest BCUT2D eigenvalue weighted by Crippen LogP contribution is -2.24. The molecule has 1 atom stereocenters. The largest absolute Gasteiger partial charge is 0.367 e. The molecular weight excluding hydrogens is 158 g/mol. The quantitative estimate of drug-likeness (QED) is 0.668. The minimum atomic E-state index is -0.711. The highest BCUT2D eigenvalue weighted by molar-refractivity contribution is 5.79. The number of rotatable bonds is 3. The van der Waals surface area contributed by atoms with Gasteiger partial charge in [-0.05, 0) is 6.07 Å². The van der Waals surface area contributed by atoms with Gasteiger partial charge in [-0.1, -0.05) is 0 Å². The molecule has 0 spiro atoms. The third-order valence-corrected chi connectivity index (χ3v) is 1.62. The topological polar surface area (TPSA) is 70.1 Å². The second-order valence-corrected chi connectivity index (χ2v) is 2.40. The molecular formula is C7H11N3O2. The van der Waals surface area contributed by atoms with Crippen molar-refractivity contribution in [2.75, 3.05) is 7.11 Å². The summed E-state index contributed by atoms with van der Waals surface area (Å²) >= 11 is 0. The minimum absolute atomic E-state index is 0.513. The second-order valence-electron chi connectivity index (χ2n) is 2.40. The summed E-state index contributed by atoms with van der Waals surface area (Å²) in [6, 6.07) is 1.69. The molecule has 0 fully saturated rings. The van der Waals surface area contributed by atoms with Crippen LogP contribution in [0, 0.1) is 0 Å². The van der Waals surface area contributed by atoms with Crippen molar-refractivity contribution in [3.63, 3.8) is 0 Å². The number of nitrogens with two attached hydrogens (primary N) is 1. The maximum Gasteiger partial charge on any atom is 0.252 e. The first-order valence-corrected chi connectivity index (χ1v) is 3.47. The van der Waals surface area contributed by atoms with Crippen LogP contribution in [0.25, 0.3) is 0 Å². The molecule has 2 N–H and O–H groups in total. The third kappa shape index (κ3) is 1.45. The first-order chi connectivity index (χ1) is 5.66. The molecule has 0 saturated heterocycles. The van der Waals surface area contributed by atoms with Gasteiger partial charge >= 0.3 is 0 Å². The monoisotopic (exact) mass is 169 g/mol. The van der Waals surface area contributed by atoms with Crippen molar-refractivity contribution in [2.45, 2.75) is 6.10 Å². The lowest BCUT2D eigenvalue weighted by Gasteiger charge is -2.10. The van der Waals surface area contributed by atoms with Crippen LogP contribution in [0.15, 0.2) is 12.3 Å². The summed E-state index contributed by atoms with van der Waals surface area (Å²) in [5.41, 5.74) is 5.76. The van der Waals surface area contributed by atoms with Crippen LogP contribution in [0.3, 0.4) is 0 Å². The molecule has 1 unspecified atom stereocenters. The summed E-state index contributed by atoms with van der Waals surface area (Å²) in [4.78, 5) is 10.8. The number of carbonyl (C=O) groups excluding carboxylic acids is 1. The highest BCUT2D eigenvalue weighted by atomic mass is 16.5. The maximum absolute atomic E-state index is 10.8. The molecule has 5 nitrogen and oxygen atoms in total. The summed E-state index contributed by atoms with van der Waals surface area (Å²) in [5.74, 6) is -0.513. The van der Waals surface area contributed by atoms with Crippen molar-refractivity contribution in [3.8, 4) is 0 Å². The van der Waals surface area contributed by atoms with E-state index in [1.165, 1.54) is 7.11 Å². The fourth-order valence-corrected chi connectivity index (χ4v) is 1.02. The number of hydrogen-bond donors (Lipinski definition) is 1. The molecule has 0 bridgehead atoms. The molecule has 1 heterocycles. The predicted molar refractivity (Wildman–Crippen MR) is 42.2 cm³/mol. The van der Waals surface area contributed by atoms with Crippen LogP contribution < -0.4 is 5.73 Å². The van der Waals surface area contributed by atoms with Gasteiger partial charge in [0, 0.05) is 20.4 Å². The van der Waals surface area contributed by atoms with Crippen molar-refractivity contribution in [1.82, 2.24) is 9.78 Å². The SMILES string of the molecule is COC(C(N)=O)c1ccnn1C. The predicted octanol–water partition coefficient (Wildman–Crippen LogP) is -0.407. The molecule has 0 saturated carbocycles. The zero-order valence-electron chi connectivity index (χ0n) is 7.02. The zero-order valence-corrected chi connectivity index (χ0v) is 7.02. The number of carbonyl (C=O) groups is 1. The summed E-state index contributed by atoms with van der Waals surface area (Å²) in [5, 5.41) is 3.90. The van der Waals surface area contributed by atoms with Crippen LogP contribution in [0.5, 0.6) is 0 Å². The van der Waals surface area contributed by atoms with Crippen LogP contribution in [-0.2, 0) is 16.6 Å². The molecule has 0 aliphatic rings. The van der Waals surface area contributed by atoms with E-state index in [1.807, 2.05) is 0 Å². The fraction of sp³-hybridized carbons (Fsp3) is 0.429. The molecule has 0 aliphatic carbocycles. The van der Waals surface area contributed by atoms with Crippen LogP contribution in [0.1, 0.15) is 11.8 Å². The van der Waals surface area contributed by atoms with Gasteiger partial charge in [-0.3, -0.25) is 9.48 Å². The number of aromatic nitrogens is 2. The Bertz CT molecular complexity index is 282. The normalized spacial score (nSPS) is 12.8. The standard InChI is InChI=1S/C7H11N3O2/c1-10-5(3-4-9-10)6(12-2)7(8)11/h3-4,6H,1-2H3,(H2,8,11). The summed E-state index contributed by atoms with van der Waals surface area (Å²) < 4.78 is 6.46. The average molecular weight is 169 g/mol. The Morgan fingerprint density at radius 1 is 1.83 bits per heavy atom. The molecule has 1 aromatic rings. The van der Waals surface area contributed by atoms with Crippen molar-refractivity contribution < 1.29 is 9.53 Å². The minimum Gasteiger partial charge on any atom is -0.367 e. The number of amides is 1. The number of ether oxygens (including phenoxy) is 1. The van der Waals surface area contributed by atoms with E-state index in [1.54, 1.807) is 24.0 Å². The van der Waals surface area contributed by atoms with Crippen LogP contribution in [0.4, 0.5) is 0 Å². The zero-order chi connectivity index (χ0) is 9.14. The Labute approximate surface area is 70.1 Å². The Morgan fingerprint density at radius 2 is 2.50 bits per heavy atom. The van der Waals surface area contributed by atoms with E-state index in [-0.39, 0.29) is 0 Å². The van der Waals surface area contributed by atoms with Gasteiger partial charge in [-0.2, -0.15) is 5.10 Å². The van der Waals surface area contributed by atoms with Gasteiger partial charge in [0.1, 0.15) is 0 Å². The van der Waals surface area contributed by atoms with Gasteiger partial charge < -0.3 is 10.5 Å². The number of hydrogen-bond acceptors (Lipinski definition) is 3. The van der Waals surface area contributed by atoms with E-state index >= 15 is 0 Å². The van der Waals surface area contributed by atoms with Crippen LogP contribution >= 0.6 is 0 Å². The maximum atomic E-state index is 10.8. The van der Waals surface area contributed by atoms with Crippen molar-refractivity contribution in [2.24, 2.45) is 12.8 Å². The number of primary amides is 1. The lowest BCUT2D eigenvalue weighted by atomic mass is 10.2. The smallest absolute Gasteiger partial charge is 0.252 e. The van der Waals surface area contributed by atoms with Gasteiger partial charge in [0.05, 0.1) is 5.69 Å². The molecule has 12 heavy (non-hydrogen) atoms. The summed E-state index contributed by atoms with van der Waals surface area (Å²) in [6.07, 6.45) is 0.877. The Balaban J connectivity index is 2.94. The van der Waals surface area contributed by atoms with E-state index in [9.17, 15) is 4.79 Å². The Hall–Kier alpha value is -1.36. The molecule has 1 amide bonds. The molecule has 0 aromatic carbocycles. The highest BCUT2D eigenvalue weighted by Crippen LogP contribution is 2.13. The summed E-state index contributed by atoms with van der Waals surface area (Å²) in [6.45, 7) is 0. The number of nitrogens with zero attached hydrogens (tertiary/aromatic N) is 2. The first-order valence-electron chi connectivity index (χ1n) is 3.47. The van der Waals surface area contributed by atoms with Crippen LogP contribution in [0.2, 0.25) is 0 Å². The van der Waals surface area contributed by atoms with Gasteiger partial charge in [-0.25, -0.2) is 0 Å². The summed E-state index contributed by atoms with van der Waals surface area (Å²) in [7, 11) is 3.16. The molecule has 0 radical (unpaired) electrons. The second kappa shape index (κ2) is 3.36. The van der Waals surface area contributed by atoms with E-state index in [4.69, 9.17) is 10.5 Å². The highest BCUT2D eigenvalue weighted by Gasteiger charge is 2.19. The van der Waals surface area contributed by atoms with Gasteiger partial charge in [-0.15, -0.1) is 0 Å². The molecule has 1 aromatic heterocycles. The first kappa shape index (κ1) is 8.73. The molecule has 66 valence electrons. The number of methoxy groups -OCH3 is 1.